The van der Waals surface area contributed by atoms with Gasteiger partial charge in [0.15, 0.2) is 0 Å². The van der Waals surface area contributed by atoms with Crippen LogP contribution in [-0.2, 0) is 9.59 Å². The summed E-state index contributed by atoms with van der Waals surface area (Å²) in [4.78, 5) is 20.9. The molecule has 0 bridgehead atoms. The minimum absolute atomic E-state index is 0.487. The number of carbonyl (C=O) groups is 2. The first-order chi connectivity index (χ1) is 8.95. The van der Waals surface area contributed by atoms with Gasteiger partial charge in [0.2, 0.25) is 0 Å². The van der Waals surface area contributed by atoms with Crippen molar-refractivity contribution < 1.29 is 19.8 Å². The van der Waals surface area contributed by atoms with Crippen LogP contribution in [0.2, 0.25) is 0 Å². The Balaban J connectivity index is 3.24. The molecule has 0 fully saturated rings. The minimum atomic E-state index is -0.953. The molecular formula is C11H22N2O4S2. The van der Waals surface area contributed by atoms with Crippen molar-refractivity contribution in [3.8, 4) is 0 Å². The van der Waals surface area contributed by atoms with Crippen LogP contribution in [0.4, 0.5) is 0 Å². The van der Waals surface area contributed by atoms with Crippen molar-refractivity contribution in [2.45, 2.75) is 31.3 Å². The number of carboxylic acid groups (broad SMARTS) is 2. The first kappa shape index (κ1) is 18.6. The van der Waals surface area contributed by atoms with E-state index in [-0.39, 0.29) is 0 Å². The molecule has 6 N–H and O–H groups in total. The average Bonchev–Trinajstić information content (AvgIpc) is 2.35. The van der Waals surface area contributed by atoms with Gasteiger partial charge in [-0.05, 0) is 42.3 Å². The van der Waals surface area contributed by atoms with Crippen molar-refractivity contribution in [3.05, 3.63) is 0 Å². The van der Waals surface area contributed by atoms with Gasteiger partial charge < -0.3 is 21.7 Å². The van der Waals surface area contributed by atoms with Gasteiger partial charge in [-0.25, -0.2) is 0 Å². The summed E-state index contributed by atoms with van der Waals surface area (Å²) in [6.07, 6.45) is 1.99. The number of rotatable bonds is 12. The molecule has 0 rings (SSSR count). The van der Waals surface area contributed by atoms with Crippen molar-refractivity contribution in [3.63, 3.8) is 0 Å². The summed E-state index contributed by atoms with van der Waals surface area (Å²) >= 11 is 3.39. The second-order valence-electron chi connectivity index (χ2n) is 4.05. The van der Waals surface area contributed by atoms with E-state index < -0.39 is 24.0 Å². The van der Waals surface area contributed by atoms with Gasteiger partial charge in [-0.1, -0.05) is 0 Å². The molecule has 0 aromatic rings. The fourth-order valence-corrected chi connectivity index (χ4v) is 3.26. The zero-order valence-corrected chi connectivity index (χ0v) is 12.4. The maximum atomic E-state index is 10.5. The molecule has 0 heterocycles. The molecule has 0 aliphatic carbocycles. The Labute approximate surface area is 121 Å². The molecule has 8 heteroatoms. The Morgan fingerprint density at radius 2 is 1.21 bits per heavy atom. The van der Waals surface area contributed by atoms with E-state index in [2.05, 4.69) is 0 Å². The smallest absolute Gasteiger partial charge is 0.320 e. The lowest BCUT2D eigenvalue weighted by atomic mass is 10.2. The summed E-state index contributed by atoms with van der Waals surface area (Å²) in [5, 5.41) is 17.2. The van der Waals surface area contributed by atoms with Crippen molar-refractivity contribution in [2.24, 2.45) is 11.5 Å². The van der Waals surface area contributed by atoms with E-state index in [0.29, 0.717) is 12.8 Å². The molecule has 6 nitrogen and oxygen atoms in total. The lowest BCUT2D eigenvalue weighted by Gasteiger charge is -2.07. The number of thioether (sulfide) groups is 2. The summed E-state index contributed by atoms with van der Waals surface area (Å²) in [7, 11) is 0. The second kappa shape index (κ2) is 11.4. The summed E-state index contributed by atoms with van der Waals surface area (Å²) in [5.74, 6) is 1.52. The maximum absolute atomic E-state index is 10.5. The molecule has 0 unspecified atom stereocenters. The summed E-state index contributed by atoms with van der Waals surface area (Å²) < 4.78 is 0. The third-order valence-electron chi connectivity index (χ3n) is 2.36. The Morgan fingerprint density at radius 1 is 0.842 bits per heavy atom. The van der Waals surface area contributed by atoms with Gasteiger partial charge in [0.05, 0.1) is 0 Å². The van der Waals surface area contributed by atoms with Crippen LogP contribution in [0.3, 0.4) is 0 Å². The molecular weight excluding hydrogens is 288 g/mol. The summed E-state index contributed by atoms with van der Waals surface area (Å²) in [6.45, 7) is 0. The number of hydrogen-bond donors (Lipinski definition) is 4. The fraction of sp³-hybridized carbons (Fsp3) is 0.818. The van der Waals surface area contributed by atoms with Gasteiger partial charge in [0.1, 0.15) is 12.1 Å². The third-order valence-corrected chi connectivity index (χ3v) is 4.56. The molecule has 0 radical (unpaired) electrons. The van der Waals surface area contributed by atoms with Crippen LogP contribution in [0, 0.1) is 0 Å². The third kappa shape index (κ3) is 11.1. The highest BCUT2D eigenvalue weighted by Gasteiger charge is 2.11. The molecule has 0 aliphatic heterocycles. The van der Waals surface area contributed by atoms with Crippen LogP contribution in [0.1, 0.15) is 19.3 Å². The van der Waals surface area contributed by atoms with Crippen LogP contribution in [0.5, 0.6) is 0 Å². The van der Waals surface area contributed by atoms with Gasteiger partial charge in [0, 0.05) is 0 Å². The Kier molecular flexibility index (Phi) is 11.1. The van der Waals surface area contributed by atoms with Gasteiger partial charge in [0.25, 0.3) is 0 Å². The Hall–Kier alpha value is -0.440. The zero-order valence-electron chi connectivity index (χ0n) is 10.8. The summed E-state index contributed by atoms with van der Waals surface area (Å²) in [5.41, 5.74) is 10.7. The van der Waals surface area contributed by atoms with E-state index in [1.807, 2.05) is 0 Å². The van der Waals surface area contributed by atoms with E-state index in [1.54, 1.807) is 23.5 Å². The predicted octanol–water partition coefficient (Wildman–Crippen LogP) is 0.447. The molecule has 0 saturated heterocycles. The summed E-state index contributed by atoms with van der Waals surface area (Å²) in [6, 6.07) is -1.53. The predicted molar refractivity (Wildman–Crippen MR) is 79.7 cm³/mol. The van der Waals surface area contributed by atoms with E-state index in [0.717, 1.165) is 29.4 Å². The number of nitrogens with two attached hydrogens (primary N) is 2. The molecule has 0 aliphatic rings. The zero-order chi connectivity index (χ0) is 14.7. The van der Waals surface area contributed by atoms with Crippen LogP contribution in [0.25, 0.3) is 0 Å². The highest BCUT2D eigenvalue weighted by atomic mass is 32.2. The molecule has 0 amide bonds. The SMILES string of the molecule is N[C@@H](CCSCCCSCC[C@H](N)C(=O)O)C(=O)O. The van der Waals surface area contributed by atoms with Gasteiger partial charge >= 0.3 is 11.9 Å². The van der Waals surface area contributed by atoms with E-state index in [4.69, 9.17) is 21.7 Å². The minimum Gasteiger partial charge on any atom is -0.480 e. The van der Waals surface area contributed by atoms with Crippen molar-refractivity contribution in [2.75, 3.05) is 23.0 Å². The molecule has 0 saturated carbocycles. The number of aliphatic carboxylic acids is 2. The van der Waals surface area contributed by atoms with Gasteiger partial charge in [-0.15, -0.1) is 0 Å². The largest absolute Gasteiger partial charge is 0.480 e. The molecule has 0 spiro atoms. The van der Waals surface area contributed by atoms with Crippen LogP contribution in [-0.4, -0.2) is 57.2 Å². The lowest BCUT2D eigenvalue weighted by molar-refractivity contribution is -0.139. The van der Waals surface area contributed by atoms with E-state index in [9.17, 15) is 9.59 Å². The molecule has 0 aromatic carbocycles. The number of hydrogen-bond acceptors (Lipinski definition) is 6. The van der Waals surface area contributed by atoms with Crippen molar-refractivity contribution in [1.29, 1.82) is 0 Å². The normalized spacial score (nSPS) is 14.0. The lowest BCUT2D eigenvalue weighted by Crippen LogP contribution is -2.30. The van der Waals surface area contributed by atoms with E-state index >= 15 is 0 Å². The number of carboxylic acids is 2. The standard InChI is InChI=1S/C11H22N2O4S2/c12-8(10(14)15)2-6-18-4-1-5-19-7-3-9(13)11(16)17/h8-9H,1-7,12-13H2,(H,14,15)(H,16,17)/t8-,9-/m0/s1. The highest BCUT2D eigenvalue weighted by Crippen LogP contribution is 2.11. The van der Waals surface area contributed by atoms with Crippen molar-refractivity contribution >= 4 is 35.5 Å². The fourth-order valence-electron chi connectivity index (χ4n) is 1.13. The Bertz CT molecular complexity index is 253. The van der Waals surface area contributed by atoms with Crippen molar-refractivity contribution in [1.82, 2.24) is 0 Å². The quantitative estimate of drug-likeness (QED) is 0.383. The topological polar surface area (TPSA) is 127 Å². The van der Waals surface area contributed by atoms with Crippen LogP contribution < -0.4 is 11.5 Å². The average molecular weight is 310 g/mol. The first-order valence-corrected chi connectivity index (χ1v) is 8.38. The first-order valence-electron chi connectivity index (χ1n) is 6.07. The molecule has 0 aromatic heterocycles. The van der Waals surface area contributed by atoms with E-state index in [1.165, 1.54) is 0 Å². The Morgan fingerprint density at radius 3 is 1.53 bits per heavy atom. The maximum Gasteiger partial charge on any atom is 0.320 e. The van der Waals surface area contributed by atoms with Gasteiger partial charge in [-0.3, -0.25) is 9.59 Å². The molecule has 19 heavy (non-hydrogen) atoms. The van der Waals surface area contributed by atoms with Crippen LogP contribution in [0.15, 0.2) is 0 Å². The van der Waals surface area contributed by atoms with Crippen LogP contribution >= 0.6 is 23.5 Å². The monoisotopic (exact) mass is 310 g/mol. The highest BCUT2D eigenvalue weighted by molar-refractivity contribution is 8.00. The second-order valence-corrected chi connectivity index (χ2v) is 6.49. The molecule has 2 atom stereocenters. The van der Waals surface area contributed by atoms with Gasteiger partial charge in [-0.2, -0.15) is 23.5 Å². The molecule has 112 valence electrons.